The number of thioether (sulfide) groups is 1. The molecule has 0 atom stereocenters. The zero-order chi connectivity index (χ0) is 7.45. The van der Waals surface area contributed by atoms with Crippen LogP contribution in [0.5, 0.6) is 0 Å². The molecule has 1 nitrogen and oxygen atoms in total. The molecule has 0 radical (unpaired) electrons. The Kier molecular flexibility index (Phi) is 3.05. The van der Waals surface area contributed by atoms with Crippen molar-refractivity contribution in [1.82, 2.24) is 0 Å². The maximum atomic E-state index is 5.92. The fourth-order valence-corrected chi connectivity index (χ4v) is 1.63. The highest BCUT2D eigenvalue weighted by Crippen LogP contribution is 2.36. The SMILES string of the molecule is CSCCCCC1(N)CC1. The first-order valence-corrected chi connectivity index (χ1v) is 5.44. The third-order valence-corrected chi connectivity index (χ3v) is 2.86. The van der Waals surface area contributed by atoms with Crippen LogP contribution in [0, 0.1) is 0 Å². The van der Waals surface area contributed by atoms with Crippen molar-refractivity contribution in [2.24, 2.45) is 5.73 Å². The first kappa shape index (κ1) is 8.41. The van der Waals surface area contributed by atoms with Gasteiger partial charge in [-0.1, -0.05) is 6.42 Å². The average molecular weight is 159 g/mol. The molecule has 1 rings (SSSR count). The first-order valence-electron chi connectivity index (χ1n) is 4.05. The van der Waals surface area contributed by atoms with Crippen LogP contribution in [0.4, 0.5) is 0 Å². The summed E-state index contributed by atoms with van der Waals surface area (Å²) in [7, 11) is 0. The average Bonchev–Trinajstić information content (AvgIpc) is 2.62. The second-order valence-electron chi connectivity index (χ2n) is 3.31. The first-order chi connectivity index (χ1) is 4.77. The van der Waals surface area contributed by atoms with Gasteiger partial charge in [0.1, 0.15) is 0 Å². The van der Waals surface area contributed by atoms with E-state index in [1.165, 1.54) is 37.9 Å². The van der Waals surface area contributed by atoms with E-state index in [1.54, 1.807) is 0 Å². The van der Waals surface area contributed by atoms with Crippen LogP contribution in [0.2, 0.25) is 0 Å². The van der Waals surface area contributed by atoms with Crippen molar-refractivity contribution >= 4 is 11.8 Å². The summed E-state index contributed by atoms with van der Waals surface area (Å²) in [5.41, 5.74) is 6.21. The van der Waals surface area contributed by atoms with Crippen molar-refractivity contribution in [1.29, 1.82) is 0 Å². The predicted molar refractivity (Wildman–Crippen MR) is 48.4 cm³/mol. The van der Waals surface area contributed by atoms with Gasteiger partial charge in [-0.2, -0.15) is 11.8 Å². The van der Waals surface area contributed by atoms with Gasteiger partial charge in [0.15, 0.2) is 0 Å². The maximum absolute atomic E-state index is 5.92. The van der Waals surface area contributed by atoms with Crippen LogP contribution in [-0.4, -0.2) is 17.5 Å². The molecule has 1 fully saturated rings. The van der Waals surface area contributed by atoms with Crippen LogP contribution in [-0.2, 0) is 0 Å². The number of nitrogens with two attached hydrogens (primary N) is 1. The van der Waals surface area contributed by atoms with E-state index < -0.39 is 0 Å². The molecule has 0 unspecified atom stereocenters. The topological polar surface area (TPSA) is 26.0 Å². The minimum absolute atomic E-state index is 0.290. The summed E-state index contributed by atoms with van der Waals surface area (Å²) in [6.07, 6.45) is 8.64. The highest BCUT2D eigenvalue weighted by Gasteiger charge is 2.36. The summed E-state index contributed by atoms with van der Waals surface area (Å²) in [5.74, 6) is 1.30. The normalized spacial score (nSPS) is 21.0. The van der Waals surface area contributed by atoms with Crippen LogP contribution < -0.4 is 5.73 Å². The highest BCUT2D eigenvalue weighted by atomic mass is 32.2. The molecule has 0 amide bonds. The standard InChI is InChI=1S/C8H17NS/c1-10-7-3-2-4-8(9)5-6-8/h2-7,9H2,1H3. The second-order valence-corrected chi connectivity index (χ2v) is 4.30. The molecule has 0 bridgehead atoms. The summed E-state index contributed by atoms with van der Waals surface area (Å²) in [6.45, 7) is 0. The van der Waals surface area contributed by atoms with E-state index in [2.05, 4.69) is 6.26 Å². The van der Waals surface area contributed by atoms with Gasteiger partial charge in [-0.05, 0) is 37.7 Å². The fourth-order valence-electron chi connectivity index (χ4n) is 1.13. The number of rotatable bonds is 5. The highest BCUT2D eigenvalue weighted by molar-refractivity contribution is 7.98. The summed E-state index contributed by atoms with van der Waals surface area (Å²) in [4.78, 5) is 0. The maximum Gasteiger partial charge on any atom is 0.0155 e. The van der Waals surface area contributed by atoms with Crippen molar-refractivity contribution < 1.29 is 0 Å². The minimum atomic E-state index is 0.290. The molecule has 10 heavy (non-hydrogen) atoms. The number of hydrogen-bond acceptors (Lipinski definition) is 2. The lowest BCUT2D eigenvalue weighted by Gasteiger charge is -2.06. The summed E-state index contributed by atoms with van der Waals surface area (Å²) >= 11 is 1.93. The molecule has 2 N–H and O–H groups in total. The Morgan fingerprint density at radius 1 is 1.40 bits per heavy atom. The van der Waals surface area contributed by atoms with Gasteiger partial charge in [-0.15, -0.1) is 0 Å². The Labute approximate surface area is 67.8 Å². The van der Waals surface area contributed by atoms with Gasteiger partial charge in [0.05, 0.1) is 0 Å². The van der Waals surface area contributed by atoms with E-state index in [1.807, 2.05) is 11.8 Å². The Balaban J connectivity index is 1.86. The van der Waals surface area contributed by atoms with Gasteiger partial charge in [-0.3, -0.25) is 0 Å². The van der Waals surface area contributed by atoms with Crippen LogP contribution in [0.3, 0.4) is 0 Å². The van der Waals surface area contributed by atoms with Crippen molar-refractivity contribution in [3.05, 3.63) is 0 Å². The third kappa shape index (κ3) is 2.93. The van der Waals surface area contributed by atoms with Gasteiger partial charge in [0.2, 0.25) is 0 Å². The molecule has 0 aliphatic heterocycles. The van der Waals surface area contributed by atoms with E-state index in [0.29, 0.717) is 5.54 Å². The fraction of sp³-hybridized carbons (Fsp3) is 1.00. The van der Waals surface area contributed by atoms with E-state index in [0.717, 1.165) is 0 Å². The molecule has 1 aliphatic rings. The lowest BCUT2D eigenvalue weighted by atomic mass is 10.1. The Hall–Kier alpha value is 0.310. The van der Waals surface area contributed by atoms with Crippen molar-refractivity contribution in [3.63, 3.8) is 0 Å². The van der Waals surface area contributed by atoms with E-state index in [9.17, 15) is 0 Å². The van der Waals surface area contributed by atoms with Crippen LogP contribution in [0.25, 0.3) is 0 Å². The van der Waals surface area contributed by atoms with Gasteiger partial charge in [0.25, 0.3) is 0 Å². The molecule has 0 spiro atoms. The Bertz CT molecular complexity index is 99.4. The summed E-state index contributed by atoms with van der Waals surface area (Å²) < 4.78 is 0. The molecule has 0 aromatic heterocycles. The van der Waals surface area contributed by atoms with Crippen molar-refractivity contribution in [3.8, 4) is 0 Å². The van der Waals surface area contributed by atoms with E-state index in [-0.39, 0.29) is 0 Å². The molecule has 2 heteroatoms. The van der Waals surface area contributed by atoms with Crippen LogP contribution >= 0.6 is 11.8 Å². The largest absolute Gasteiger partial charge is 0.325 e. The second kappa shape index (κ2) is 3.63. The molecule has 0 aromatic rings. The molecule has 1 saturated carbocycles. The summed E-state index contributed by atoms with van der Waals surface area (Å²) in [6, 6.07) is 0. The smallest absolute Gasteiger partial charge is 0.0155 e. The van der Waals surface area contributed by atoms with Gasteiger partial charge < -0.3 is 5.73 Å². The molecule has 0 heterocycles. The zero-order valence-corrected chi connectivity index (χ0v) is 7.54. The third-order valence-electron chi connectivity index (χ3n) is 2.17. The monoisotopic (exact) mass is 159 g/mol. The zero-order valence-electron chi connectivity index (χ0n) is 6.73. The predicted octanol–water partition coefficient (Wildman–Crippen LogP) is 2.01. The molecule has 1 aliphatic carbocycles. The van der Waals surface area contributed by atoms with Gasteiger partial charge in [-0.25, -0.2) is 0 Å². The molecule has 0 aromatic carbocycles. The van der Waals surface area contributed by atoms with Crippen molar-refractivity contribution in [2.45, 2.75) is 37.6 Å². The van der Waals surface area contributed by atoms with Gasteiger partial charge >= 0.3 is 0 Å². The van der Waals surface area contributed by atoms with E-state index >= 15 is 0 Å². The number of hydrogen-bond donors (Lipinski definition) is 1. The van der Waals surface area contributed by atoms with E-state index in [4.69, 9.17) is 5.73 Å². The lowest BCUT2D eigenvalue weighted by Crippen LogP contribution is -2.20. The molecular weight excluding hydrogens is 142 g/mol. The van der Waals surface area contributed by atoms with Gasteiger partial charge in [0, 0.05) is 5.54 Å². The Morgan fingerprint density at radius 2 is 2.10 bits per heavy atom. The quantitative estimate of drug-likeness (QED) is 0.621. The molecule has 60 valence electrons. The minimum Gasteiger partial charge on any atom is -0.325 e. The Morgan fingerprint density at radius 3 is 2.60 bits per heavy atom. The molecule has 0 saturated heterocycles. The molecular formula is C8H17NS. The number of unbranched alkanes of at least 4 members (excludes halogenated alkanes) is 1. The van der Waals surface area contributed by atoms with Crippen LogP contribution in [0.1, 0.15) is 32.1 Å². The summed E-state index contributed by atoms with van der Waals surface area (Å²) in [5, 5.41) is 0. The lowest BCUT2D eigenvalue weighted by molar-refractivity contribution is 0.571. The van der Waals surface area contributed by atoms with Crippen molar-refractivity contribution in [2.75, 3.05) is 12.0 Å². The van der Waals surface area contributed by atoms with Crippen LogP contribution in [0.15, 0.2) is 0 Å².